The lowest BCUT2D eigenvalue weighted by molar-refractivity contribution is -0.119. The summed E-state index contributed by atoms with van der Waals surface area (Å²) in [6.45, 7) is 1.63. The Hall–Kier alpha value is -3.15. The maximum atomic E-state index is 11.8. The zero-order valence-corrected chi connectivity index (χ0v) is 12.3. The molecule has 1 aromatic heterocycles. The first-order chi connectivity index (χ1) is 11.1. The zero-order chi connectivity index (χ0) is 16.4. The van der Waals surface area contributed by atoms with Crippen LogP contribution in [0, 0.1) is 4.91 Å². The van der Waals surface area contributed by atoms with Crippen LogP contribution in [0.25, 0.3) is 22.0 Å². The van der Waals surface area contributed by atoms with E-state index in [0.717, 1.165) is 10.9 Å². The van der Waals surface area contributed by atoms with Gasteiger partial charge in [-0.2, -0.15) is 5.10 Å². The number of hydrogen-bond acceptors (Lipinski definition) is 4. The minimum absolute atomic E-state index is 0.239. The smallest absolute Gasteiger partial charge is 0.268 e. The summed E-state index contributed by atoms with van der Waals surface area (Å²) < 4.78 is 0. The summed E-state index contributed by atoms with van der Waals surface area (Å²) in [6.07, 6.45) is 0. The van der Waals surface area contributed by atoms with Crippen LogP contribution in [-0.2, 0) is 4.79 Å². The van der Waals surface area contributed by atoms with Crippen molar-refractivity contribution in [2.24, 2.45) is 5.18 Å². The Morgan fingerprint density at radius 3 is 2.39 bits per heavy atom. The van der Waals surface area contributed by atoms with E-state index in [4.69, 9.17) is 0 Å². The summed E-state index contributed by atoms with van der Waals surface area (Å²) in [5, 5.41) is 10.4. The van der Waals surface area contributed by atoms with E-state index in [9.17, 15) is 14.5 Å². The van der Waals surface area contributed by atoms with Crippen LogP contribution in [0.4, 0.5) is 0 Å². The van der Waals surface area contributed by atoms with Crippen LogP contribution < -0.4 is 5.56 Å². The van der Waals surface area contributed by atoms with Gasteiger partial charge in [-0.3, -0.25) is 9.59 Å². The third kappa shape index (κ3) is 2.66. The molecule has 6 nitrogen and oxygen atoms in total. The number of nitrogens with one attached hydrogen (secondary N) is 1. The molecule has 114 valence electrons. The number of hydrogen-bond donors (Lipinski definition) is 1. The van der Waals surface area contributed by atoms with Gasteiger partial charge < -0.3 is 0 Å². The number of aromatic amines is 1. The third-order valence-corrected chi connectivity index (χ3v) is 3.84. The predicted octanol–water partition coefficient (Wildman–Crippen LogP) is 2.99. The SMILES string of the molecule is CC(C(=O)N=O)c1ccc(-c2n[nH]c(=O)c3ccccc23)cc1. The molecule has 3 aromatic rings. The maximum Gasteiger partial charge on any atom is 0.293 e. The number of nitroso groups, excluding NO2 is 1. The minimum atomic E-state index is -0.703. The van der Waals surface area contributed by atoms with Crippen LogP contribution in [0.2, 0.25) is 0 Å². The summed E-state index contributed by atoms with van der Waals surface area (Å²) in [6, 6.07) is 14.3. The first-order valence-electron chi connectivity index (χ1n) is 7.07. The molecular weight excluding hydrogens is 294 g/mol. The van der Waals surface area contributed by atoms with Gasteiger partial charge in [-0.15, -0.1) is 4.91 Å². The Labute approximate surface area is 131 Å². The molecule has 1 amide bonds. The van der Waals surface area contributed by atoms with E-state index in [1.807, 2.05) is 12.1 Å². The highest BCUT2D eigenvalue weighted by Crippen LogP contribution is 2.26. The molecule has 1 unspecified atom stereocenters. The molecule has 0 fully saturated rings. The molecule has 0 radical (unpaired) electrons. The summed E-state index contributed by atoms with van der Waals surface area (Å²) in [5.74, 6) is -1.29. The molecule has 0 saturated heterocycles. The molecule has 0 aliphatic heterocycles. The molecular formula is C17H13N3O3. The second kappa shape index (κ2) is 5.92. The van der Waals surface area contributed by atoms with E-state index in [-0.39, 0.29) is 5.56 Å². The Bertz CT molecular complexity index is 945. The van der Waals surface area contributed by atoms with E-state index >= 15 is 0 Å². The monoisotopic (exact) mass is 307 g/mol. The summed E-state index contributed by atoms with van der Waals surface area (Å²) in [5.41, 5.74) is 1.92. The van der Waals surface area contributed by atoms with Crippen LogP contribution >= 0.6 is 0 Å². The lowest BCUT2D eigenvalue weighted by atomic mass is 9.97. The number of benzene rings is 2. The molecule has 0 aliphatic carbocycles. The highest BCUT2D eigenvalue weighted by molar-refractivity contribution is 5.93. The molecule has 1 atom stereocenters. The van der Waals surface area contributed by atoms with Crippen molar-refractivity contribution >= 4 is 16.7 Å². The lowest BCUT2D eigenvalue weighted by Crippen LogP contribution is -2.09. The van der Waals surface area contributed by atoms with Crippen molar-refractivity contribution in [3.8, 4) is 11.3 Å². The number of nitrogens with zero attached hydrogens (tertiary/aromatic N) is 2. The highest BCUT2D eigenvalue weighted by atomic mass is 16.3. The van der Waals surface area contributed by atoms with Crippen LogP contribution in [0.1, 0.15) is 18.4 Å². The third-order valence-electron chi connectivity index (χ3n) is 3.84. The summed E-state index contributed by atoms with van der Waals surface area (Å²) >= 11 is 0. The molecule has 2 aromatic carbocycles. The molecule has 6 heteroatoms. The van der Waals surface area contributed by atoms with Gasteiger partial charge in [0.25, 0.3) is 11.5 Å². The quantitative estimate of drug-likeness (QED) is 0.753. The van der Waals surface area contributed by atoms with Gasteiger partial charge in [-0.25, -0.2) is 5.10 Å². The van der Waals surface area contributed by atoms with Crippen molar-refractivity contribution in [3.63, 3.8) is 0 Å². The van der Waals surface area contributed by atoms with Gasteiger partial charge in [-0.05, 0) is 18.6 Å². The molecule has 1 N–H and O–H groups in total. The molecule has 0 saturated carbocycles. The van der Waals surface area contributed by atoms with E-state index < -0.39 is 11.8 Å². The van der Waals surface area contributed by atoms with Gasteiger partial charge in [0.05, 0.1) is 17.0 Å². The largest absolute Gasteiger partial charge is 0.293 e. The number of aromatic nitrogens is 2. The van der Waals surface area contributed by atoms with Gasteiger partial charge in [-0.1, -0.05) is 42.5 Å². The number of fused-ring (bicyclic) bond motifs is 1. The average molecular weight is 307 g/mol. The van der Waals surface area contributed by atoms with Gasteiger partial charge >= 0.3 is 0 Å². The molecule has 3 rings (SSSR count). The van der Waals surface area contributed by atoms with Crippen molar-refractivity contribution in [3.05, 3.63) is 69.4 Å². The maximum absolute atomic E-state index is 11.8. The van der Waals surface area contributed by atoms with Crippen molar-refractivity contribution in [1.82, 2.24) is 10.2 Å². The van der Waals surface area contributed by atoms with Crippen LogP contribution in [-0.4, -0.2) is 16.1 Å². The van der Waals surface area contributed by atoms with Gasteiger partial charge in [0, 0.05) is 16.1 Å². The van der Waals surface area contributed by atoms with Gasteiger partial charge in [0.1, 0.15) is 0 Å². The minimum Gasteiger partial charge on any atom is -0.268 e. The fourth-order valence-electron chi connectivity index (χ4n) is 2.49. The number of carbonyl (C=O) groups excluding carboxylic acids is 1. The molecule has 0 bridgehead atoms. The number of rotatable bonds is 3. The number of H-pyrrole nitrogens is 1. The number of carbonyl (C=O) groups is 1. The second-order valence-electron chi connectivity index (χ2n) is 5.22. The first kappa shape index (κ1) is 14.8. The topological polar surface area (TPSA) is 92.2 Å². The average Bonchev–Trinajstić information content (AvgIpc) is 2.61. The van der Waals surface area contributed by atoms with Crippen LogP contribution in [0.5, 0.6) is 0 Å². The van der Waals surface area contributed by atoms with Crippen molar-refractivity contribution in [1.29, 1.82) is 0 Å². The molecule has 0 spiro atoms. The molecule has 1 heterocycles. The fourth-order valence-corrected chi connectivity index (χ4v) is 2.49. The van der Waals surface area contributed by atoms with Crippen molar-refractivity contribution < 1.29 is 4.79 Å². The zero-order valence-electron chi connectivity index (χ0n) is 12.3. The van der Waals surface area contributed by atoms with E-state index in [2.05, 4.69) is 15.4 Å². The predicted molar refractivity (Wildman–Crippen MR) is 87.0 cm³/mol. The Morgan fingerprint density at radius 2 is 1.74 bits per heavy atom. The molecule has 0 aliphatic rings. The standard InChI is InChI=1S/C17H13N3O3/c1-10(16(21)20-23)11-6-8-12(9-7-11)15-13-4-2-3-5-14(13)17(22)19-18-15/h2-10H,1H3,(H,19,22). The lowest BCUT2D eigenvalue weighted by Gasteiger charge is -2.08. The summed E-state index contributed by atoms with van der Waals surface area (Å²) in [4.78, 5) is 33.5. The van der Waals surface area contributed by atoms with E-state index in [0.29, 0.717) is 16.6 Å². The van der Waals surface area contributed by atoms with Crippen LogP contribution in [0.15, 0.2) is 58.5 Å². The Balaban J connectivity index is 2.07. The van der Waals surface area contributed by atoms with Crippen molar-refractivity contribution in [2.75, 3.05) is 0 Å². The van der Waals surface area contributed by atoms with E-state index in [1.54, 1.807) is 43.3 Å². The molecule has 23 heavy (non-hydrogen) atoms. The summed E-state index contributed by atoms with van der Waals surface area (Å²) in [7, 11) is 0. The number of amides is 1. The Kier molecular flexibility index (Phi) is 3.80. The Morgan fingerprint density at radius 1 is 1.09 bits per heavy atom. The van der Waals surface area contributed by atoms with Crippen LogP contribution in [0.3, 0.4) is 0 Å². The van der Waals surface area contributed by atoms with E-state index in [1.165, 1.54) is 0 Å². The van der Waals surface area contributed by atoms with Gasteiger partial charge in [0.15, 0.2) is 0 Å². The van der Waals surface area contributed by atoms with Gasteiger partial charge in [0.2, 0.25) is 0 Å². The second-order valence-corrected chi connectivity index (χ2v) is 5.22. The normalized spacial score (nSPS) is 12.0. The first-order valence-corrected chi connectivity index (χ1v) is 7.07. The highest BCUT2D eigenvalue weighted by Gasteiger charge is 2.16. The van der Waals surface area contributed by atoms with Crippen molar-refractivity contribution in [2.45, 2.75) is 12.8 Å². The fraction of sp³-hybridized carbons (Fsp3) is 0.118.